The summed E-state index contributed by atoms with van der Waals surface area (Å²) in [6, 6.07) is 3.10. The van der Waals surface area contributed by atoms with Crippen molar-refractivity contribution >= 4 is 17.5 Å². The molecule has 0 spiro atoms. The lowest BCUT2D eigenvalue weighted by molar-refractivity contribution is 0.110. The predicted molar refractivity (Wildman–Crippen MR) is 74.3 cm³/mol. The summed E-state index contributed by atoms with van der Waals surface area (Å²) in [5, 5.41) is 0. The summed E-state index contributed by atoms with van der Waals surface area (Å²) in [6.07, 6.45) is 0.584. The third-order valence-corrected chi connectivity index (χ3v) is 3.43. The van der Waals surface area contributed by atoms with E-state index in [1.165, 1.54) is 17.7 Å². The Morgan fingerprint density at radius 2 is 1.81 bits per heavy atom. The molecular weight excluding hydrogens is 276 g/mol. The summed E-state index contributed by atoms with van der Waals surface area (Å²) in [5.74, 6) is 0.889. The number of aromatic nitrogens is 4. The smallest absolute Gasteiger partial charge is 0.332 e. The van der Waals surface area contributed by atoms with E-state index in [2.05, 4.69) is 4.98 Å². The molecule has 8 nitrogen and oxygen atoms in total. The van der Waals surface area contributed by atoms with Gasteiger partial charge in [0.1, 0.15) is 5.65 Å². The molecule has 0 saturated heterocycles. The molecule has 0 fully saturated rings. The Morgan fingerprint density at radius 3 is 2.43 bits per heavy atom. The number of aryl methyl sites for hydroxylation is 2. The number of nitrogens with zero attached hydrogens (tertiary/aromatic N) is 4. The second kappa shape index (κ2) is 4.30. The average Bonchev–Trinajstić information content (AvgIpc) is 3.07. The molecule has 3 aromatic heterocycles. The summed E-state index contributed by atoms with van der Waals surface area (Å²) in [4.78, 5) is 39.1. The van der Waals surface area contributed by atoms with Crippen LogP contribution in [-0.4, -0.2) is 25.0 Å². The van der Waals surface area contributed by atoms with Crippen LogP contribution in [0.25, 0.3) is 22.7 Å². The quantitative estimate of drug-likeness (QED) is 0.621. The molecule has 0 amide bonds. The highest BCUT2D eigenvalue weighted by molar-refractivity contribution is 5.77. The fourth-order valence-corrected chi connectivity index (χ4v) is 2.34. The summed E-state index contributed by atoms with van der Waals surface area (Å²) in [6.45, 7) is 0. The zero-order chi connectivity index (χ0) is 15.3. The van der Waals surface area contributed by atoms with Crippen molar-refractivity contribution in [3.8, 4) is 11.6 Å². The summed E-state index contributed by atoms with van der Waals surface area (Å²) in [5.41, 5.74) is -0.351. The first-order valence-electron chi connectivity index (χ1n) is 6.13. The second-order valence-corrected chi connectivity index (χ2v) is 4.69. The SMILES string of the molecule is Cn1c(=O)c2nc(-c3ccc(C=O)o3)n(C)c2n(C)c1=O. The van der Waals surface area contributed by atoms with Gasteiger partial charge in [-0.2, -0.15) is 0 Å². The van der Waals surface area contributed by atoms with E-state index in [9.17, 15) is 14.4 Å². The first-order chi connectivity index (χ1) is 9.95. The van der Waals surface area contributed by atoms with E-state index in [0.717, 1.165) is 4.57 Å². The van der Waals surface area contributed by atoms with Gasteiger partial charge in [0.05, 0.1) is 0 Å². The van der Waals surface area contributed by atoms with Crippen LogP contribution in [0.15, 0.2) is 26.1 Å². The predicted octanol–water partition coefficient (Wildman–Crippen LogP) is 0.0432. The van der Waals surface area contributed by atoms with Gasteiger partial charge in [-0.05, 0) is 12.1 Å². The molecule has 108 valence electrons. The highest BCUT2D eigenvalue weighted by Gasteiger charge is 2.19. The maximum Gasteiger partial charge on any atom is 0.332 e. The van der Waals surface area contributed by atoms with Gasteiger partial charge < -0.3 is 8.98 Å². The molecule has 0 saturated carbocycles. The zero-order valence-corrected chi connectivity index (χ0v) is 11.7. The summed E-state index contributed by atoms with van der Waals surface area (Å²) >= 11 is 0. The normalized spacial score (nSPS) is 11.2. The van der Waals surface area contributed by atoms with Crippen LogP contribution in [0.4, 0.5) is 0 Å². The molecule has 0 bridgehead atoms. The number of hydrogen-bond acceptors (Lipinski definition) is 5. The molecule has 8 heteroatoms. The number of fused-ring (bicyclic) bond motifs is 1. The van der Waals surface area contributed by atoms with Crippen LogP contribution in [0.1, 0.15) is 10.6 Å². The molecule has 0 aliphatic carbocycles. The second-order valence-electron chi connectivity index (χ2n) is 4.69. The number of carbonyl (C=O) groups excluding carboxylic acids is 1. The van der Waals surface area contributed by atoms with Crippen LogP contribution in [0, 0.1) is 0 Å². The maximum atomic E-state index is 12.1. The fourth-order valence-electron chi connectivity index (χ4n) is 2.34. The minimum atomic E-state index is -0.475. The Balaban J connectivity index is 2.42. The van der Waals surface area contributed by atoms with Crippen molar-refractivity contribution in [2.75, 3.05) is 0 Å². The molecule has 0 aliphatic heterocycles. The summed E-state index contributed by atoms with van der Waals surface area (Å²) in [7, 11) is 4.64. The Kier molecular flexibility index (Phi) is 2.68. The highest BCUT2D eigenvalue weighted by Crippen LogP contribution is 2.22. The number of carbonyl (C=O) groups is 1. The first-order valence-corrected chi connectivity index (χ1v) is 6.13. The minimum Gasteiger partial charge on any atom is -0.450 e. The summed E-state index contributed by atoms with van der Waals surface area (Å²) < 4.78 is 9.25. The molecule has 0 aliphatic rings. The van der Waals surface area contributed by atoms with Gasteiger partial charge in [0, 0.05) is 21.1 Å². The van der Waals surface area contributed by atoms with E-state index in [1.54, 1.807) is 24.7 Å². The number of furan rings is 1. The van der Waals surface area contributed by atoms with Gasteiger partial charge in [-0.15, -0.1) is 0 Å². The van der Waals surface area contributed by atoms with Gasteiger partial charge in [0.2, 0.25) is 0 Å². The van der Waals surface area contributed by atoms with Crippen molar-refractivity contribution in [2.24, 2.45) is 21.1 Å². The monoisotopic (exact) mass is 288 g/mol. The van der Waals surface area contributed by atoms with Crippen LogP contribution in [-0.2, 0) is 21.1 Å². The van der Waals surface area contributed by atoms with Crippen molar-refractivity contribution < 1.29 is 9.21 Å². The third-order valence-electron chi connectivity index (χ3n) is 3.43. The minimum absolute atomic E-state index is 0.166. The molecule has 0 N–H and O–H groups in total. The topological polar surface area (TPSA) is 92.0 Å². The molecular formula is C13H12N4O4. The number of aldehydes is 1. The standard InChI is InChI=1S/C13H12N4O4/c1-15-10(8-5-4-7(6-18)21-8)14-9-11(15)16(2)13(20)17(3)12(9)19/h4-6H,1-3H3. The van der Waals surface area contributed by atoms with Crippen molar-refractivity contribution in [2.45, 2.75) is 0 Å². The van der Waals surface area contributed by atoms with E-state index >= 15 is 0 Å². The highest BCUT2D eigenvalue weighted by atomic mass is 16.3. The van der Waals surface area contributed by atoms with Crippen LogP contribution in [0.2, 0.25) is 0 Å². The molecule has 0 unspecified atom stereocenters. The lowest BCUT2D eigenvalue weighted by Crippen LogP contribution is -2.37. The molecule has 3 rings (SSSR count). The Hall–Kier alpha value is -2.90. The molecule has 3 aromatic rings. The van der Waals surface area contributed by atoms with Crippen LogP contribution >= 0.6 is 0 Å². The lowest BCUT2D eigenvalue weighted by atomic mass is 10.4. The number of hydrogen-bond donors (Lipinski definition) is 0. The zero-order valence-electron chi connectivity index (χ0n) is 11.7. The maximum absolute atomic E-state index is 12.1. The number of rotatable bonds is 2. The largest absolute Gasteiger partial charge is 0.450 e. The van der Waals surface area contributed by atoms with E-state index in [4.69, 9.17) is 4.42 Å². The lowest BCUT2D eigenvalue weighted by Gasteiger charge is -2.05. The Bertz CT molecular complexity index is 986. The van der Waals surface area contributed by atoms with Crippen molar-refractivity contribution in [1.82, 2.24) is 18.7 Å². The van der Waals surface area contributed by atoms with Crippen LogP contribution in [0.5, 0.6) is 0 Å². The van der Waals surface area contributed by atoms with Crippen LogP contribution in [0.3, 0.4) is 0 Å². The van der Waals surface area contributed by atoms with E-state index in [-0.39, 0.29) is 11.3 Å². The molecule has 0 radical (unpaired) electrons. The van der Waals surface area contributed by atoms with Crippen molar-refractivity contribution in [3.05, 3.63) is 38.7 Å². The van der Waals surface area contributed by atoms with Crippen molar-refractivity contribution in [3.63, 3.8) is 0 Å². The van der Waals surface area contributed by atoms with Crippen LogP contribution < -0.4 is 11.2 Å². The molecule has 3 heterocycles. The van der Waals surface area contributed by atoms with Gasteiger partial charge in [-0.1, -0.05) is 0 Å². The number of imidazole rings is 1. The Labute approximate surface area is 117 Å². The van der Waals surface area contributed by atoms with E-state index in [1.807, 2.05) is 0 Å². The van der Waals surface area contributed by atoms with Crippen molar-refractivity contribution in [1.29, 1.82) is 0 Å². The molecule has 0 atom stereocenters. The Morgan fingerprint density at radius 1 is 1.10 bits per heavy atom. The van der Waals surface area contributed by atoms with Gasteiger partial charge in [0.25, 0.3) is 5.56 Å². The third kappa shape index (κ3) is 1.69. The average molecular weight is 288 g/mol. The van der Waals surface area contributed by atoms with Gasteiger partial charge >= 0.3 is 5.69 Å². The molecule has 0 aromatic carbocycles. The van der Waals surface area contributed by atoms with E-state index < -0.39 is 11.2 Å². The van der Waals surface area contributed by atoms with Gasteiger partial charge in [-0.25, -0.2) is 9.78 Å². The molecule has 21 heavy (non-hydrogen) atoms. The fraction of sp³-hybridized carbons (Fsp3) is 0.231. The van der Waals surface area contributed by atoms with Gasteiger partial charge in [-0.3, -0.25) is 18.7 Å². The van der Waals surface area contributed by atoms with E-state index in [0.29, 0.717) is 23.5 Å². The van der Waals surface area contributed by atoms with Gasteiger partial charge in [0.15, 0.2) is 29.1 Å². The first kappa shape index (κ1) is 13.1.